The third kappa shape index (κ3) is 1.39. The summed E-state index contributed by atoms with van der Waals surface area (Å²) >= 11 is 0. The molecule has 0 amide bonds. The molecule has 2 heterocycles. The molecular formula is C7H11N5. The van der Waals surface area contributed by atoms with E-state index in [0.29, 0.717) is 5.65 Å². The average molecular weight is 165 g/mol. The third-order valence-corrected chi connectivity index (χ3v) is 1.28. The van der Waals surface area contributed by atoms with Crippen LogP contribution >= 0.6 is 0 Å². The number of hydrogen-bond acceptors (Lipinski definition) is 4. The second-order valence-electron chi connectivity index (χ2n) is 1.94. The molecule has 0 aliphatic rings. The van der Waals surface area contributed by atoms with Crippen molar-refractivity contribution in [1.82, 2.24) is 24.8 Å². The van der Waals surface area contributed by atoms with Crippen molar-refractivity contribution in [2.75, 3.05) is 0 Å². The lowest BCUT2D eigenvalue weighted by molar-refractivity contribution is 0.877. The number of aryl methyl sites for hydroxylation is 1. The Hall–Kier alpha value is -1.52. The van der Waals surface area contributed by atoms with Crippen LogP contribution in [0.1, 0.15) is 19.5 Å². The van der Waals surface area contributed by atoms with E-state index in [4.69, 9.17) is 0 Å². The molecule has 5 heteroatoms. The second-order valence-corrected chi connectivity index (χ2v) is 1.94. The van der Waals surface area contributed by atoms with Gasteiger partial charge in [0.1, 0.15) is 12.7 Å². The molecule has 0 saturated carbocycles. The van der Waals surface area contributed by atoms with Gasteiger partial charge in [0.05, 0.1) is 5.69 Å². The molecule has 0 fully saturated rings. The topological polar surface area (TPSA) is 56.0 Å². The molecule has 2 rings (SSSR count). The molecule has 0 N–H and O–H groups in total. The highest BCUT2D eigenvalue weighted by atomic mass is 15.3. The second kappa shape index (κ2) is 3.75. The van der Waals surface area contributed by atoms with Gasteiger partial charge >= 0.3 is 0 Å². The monoisotopic (exact) mass is 165 g/mol. The molecular weight excluding hydrogens is 154 g/mol. The van der Waals surface area contributed by atoms with Crippen LogP contribution < -0.4 is 0 Å². The van der Waals surface area contributed by atoms with Crippen molar-refractivity contribution in [2.24, 2.45) is 0 Å². The fourth-order valence-corrected chi connectivity index (χ4v) is 0.778. The summed E-state index contributed by atoms with van der Waals surface area (Å²) in [6.07, 6.45) is 3.02. The molecule has 2 aromatic rings. The van der Waals surface area contributed by atoms with Crippen LogP contribution in [0.4, 0.5) is 0 Å². The fraction of sp³-hybridized carbons (Fsp3) is 0.429. The molecule has 0 spiro atoms. The number of rotatable bonds is 0. The predicted molar refractivity (Wildman–Crippen MR) is 44.7 cm³/mol. The Labute approximate surface area is 70.5 Å². The van der Waals surface area contributed by atoms with Crippen molar-refractivity contribution in [3.05, 3.63) is 18.3 Å². The van der Waals surface area contributed by atoms with Crippen molar-refractivity contribution < 1.29 is 0 Å². The zero-order chi connectivity index (χ0) is 8.97. The zero-order valence-corrected chi connectivity index (χ0v) is 7.39. The van der Waals surface area contributed by atoms with E-state index in [9.17, 15) is 0 Å². The lowest BCUT2D eigenvalue weighted by Crippen LogP contribution is -1.94. The molecule has 2 aromatic heterocycles. The highest BCUT2D eigenvalue weighted by molar-refractivity contribution is 5.38. The van der Waals surface area contributed by atoms with Crippen molar-refractivity contribution >= 4 is 5.65 Å². The summed E-state index contributed by atoms with van der Waals surface area (Å²) in [4.78, 5) is 3.95. The summed E-state index contributed by atoms with van der Waals surface area (Å²) in [7, 11) is 0. The Morgan fingerprint density at radius 1 is 1.33 bits per heavy atom. The first-order chi connectivity index (χ1) is 5.88. The van der Waals surface area contributed by atoms with Gasteiger partial charge in [-0.25, -0.2) is 4.98 Å². The normalized spacial score (nSPS) is 9.25. The Morgan fingerprint density at radius 3 is 2.75 bits per heavy atom. The molecule has 0 bridgehead atoms. The van der Waals surface area contributed by atoms with Gasteiger partial charge in [0, 0.05) is 0 Å². The van der Waals surface area contributed by atoms with Crippen molar-refractivity contribution in [2.45, 2.75) is 20.8 Å². The minimum atomic E-state index is 0.711. The molecule has 0 aliphatic heterocycles. The van der Waals surface area contributed by atoms with Gasteiger partial charge in [-0.05, 0) is 6.92 Å². The first-order valence-corrected chi connectivity index (χ1v) is 3.85. The first kappa shape index (κ1) is 8.58. The lowest BCUT2D eigenvalue weighted by Gasteiger charge is -1.90. The predicted octanol–water partition coefficient (Wildman–Crippen LogP) is 0.854. The summed E-state index contributed by atoms with van der Waals surface area (Å²) in [5, 5.41) is 11.4. The molecule has 0 radical (unpaired) electrons. The van der Waals surface area contributed by atoms with E-state index < -0.39 is 0 Å². The molecule has 0 unspecified atom stereocenters. The maximum Gasteiger partial charge on any atom is 0.198 e. The summed E-state index contributed by atoms with van der Waals surface area (Å²) in [6.45, 7) is 5.87. The van der Waals surface area contributed by atoms with Gasteiger partial charge in [0.2, 0.25) is 0 Å². The van der Waals surface area contributed by atoms with Gasteiger partial charge in [0.15, 0.2) is 5.65 Å². The fourth-order valence-electron chi connectivity index (χ4n) is 0.778. The summed E-state index contributed by atoms with van der Waals surface area (Å²) in [6, 6.07) is 0. The standard InChI is InChI=1S/C5H5N5.C2H6/c1-4-5-9-7-3-10(5)8-2-6-4;1-2/h2-3H,1H3;1-2H3. The summed E-state index contributed by atoms with van der Waals surface area (Å²) in [5.41, 5.74) is 1.55. The summed E-state index contributed by atoms with van der Waals surface area (Å²) < 4.78 is 1.59. The maximum atomic E-state index is 3.95. The van der Waals surface area contributed by atoms with Crippen LogP contribution in [0.3, 0.4) is 0 Å². The maximum absolute atomic E-state index is 3.95. The van der Waals surface area contributed by atoms with Crippen LogP contribution in [0.2, 0.25) is 0 Å². The van der Waals surface area contributed by atoms with Crippen LogP contribution in [0.5, 0.6) is 0 Å². The van der Waals surface area contributed by atoms with E-state index >= 15 is 0 Å². The van der Waals surface area contributed by atoms with Gasteiger partial charge in [-0.15, -0.1) is 10.2 Å². The quantitative estimate of drug-likeness (QED) is 0.580. The van der Waals surface area contributed by atoms with Gasteiger partial charge in [-0.3, -0.25) is 0 Å². The Bertz CT molecular complexity index is 353. The smallest absolute Gasteiger partial charge is 0.198 e. The van der Waals surface area contributed by atoms with Gasteiger partial charge < -0.3 is 0 Å². The van der Waals surface area contributed by atoms with Crippen molar-refractivity contribution in [3.63, 3.8) is 0 Å². The highest BCUT2D eigenvalue weighted by Gasteiger charge is 1.97. The molecule has 64 valence electrons. The molecule has 5 nitrogen and oxygen atoms in total. The third-order valence-electron chi connectivity index (χ3n) is 1.28. The lowest BCUT2D eigenvalue weighted by atomic mass is 10.5. The van der Waals surface area contributed by atoms with Crippen LogP contribution in [-0.2, 0) is 0 Å². The first-order valence-electron chi connectivity index (χ1n) is 3.85. The molecule has 0 aliphatic carbocycles. The molecule has 0 aromatic carbocycles. The minimum absolute atomic E-state index is 0.711. The Morgan fingerprint density at radius 2 is 2.08 bits per heavy atom. The highest BCUT2D eigenvalue weighted by Crippen LogP contribution is 1.97. The van der Waals surface area contributed by atoms with Crippen LogP contribution in [0, 0.1) is 6.92 Å². The number of aromatic nitrogens is 5. The molecule has 0 saturated heterocycles. The minimum Gasteiger partial charge on any atom is -0.236 e. The Balaban J connectivity index is 0.000000336. The average Bonchev–Trinajstić information content (AvgIpc) is 2.57. The van der Waals surface area contributed by atoms with E-state index in [1.54, 1.807) is 10.8 Å². The van der Waals surface area contributed by atoms with E-state index in [1.807, 2.05) is 20.8 Å². The van der Waals surface area contributed by atoms with Gasteiger partial charge in [0.25, 0.3) is 0 Å². The van der Waals surface area contributed by atoms with E-state index in [-0.39, 0.29) is 0 Å². The number of hydrogen-bond donors (Lipinski definition) is 0. The number of nitrogens with zero attached hydrogens (tertiary/aromatic N) is 5. The van der Waals surface area contributed by atoms with E-state index in [2.05, 4.69) is 20.3 Å². The molecule has 12 heavy (non-hydrogen) atoms. The van der Waals surface area contributed by atoms with E-state index in [1.165, 1.54) is 6.33 Å². The summed E-state index contributed by atoms with van der Waals surface area (Å²) in [5.74, 6) is 0. The van der Waals surface area contributed by atoms with E-state index in [0.717, 1.165) is 5.69 Å². The van der Waals surface area contributed by atoms with Crippen LogP contribution in [0.25, 0.3) is 5.65 Å². The van der Waals surface area contributed by atoms with Crippen LogP contribution in [0.15, 0.2) is 12.7 Å². The SMILES string of the molecule is CC.Cc1ncnn2cnnc12. The Kier molecular flexibility index (Phi) is 2.68. The van der Waals surface area contributed by atoms with Gasteiger partial charge in [-0.2, -0.15) is 9.61 Å². The number of fused-ring (bicyclic) bond motifs is 1. The molecule has 0 atom stereocenters. The van der Waals surface area contributed by atoms with Crippen molar-refractivity contribution in [3.8, 4) is 0 Å². The largest absolute Gasteiger partial charge is 0.236 e. The van der Waals surface area contributed by atoms with Gasteiger partial charge in [-0.1, -0.05) is 13.8 Å². The van der Waals surface area contributed by atoms with Crippen LogP contribution in [-0.4, -0.2) is 24.8 Å². The van der Waals surface area contributed by atoms with Crippen molar-refractivity contribution in [1.29, 1.82) is 0 Å². The zero-order valence-electron chi connectivity index (χ0n) is 7.39.